The second-order valence-electron chi connectivity index (χ2n) is 4.11. The van der Waals surface area contributed by atoms with Crippen LogP contribution in [-0.2, 0) is 12.5 Å². The summed E-state index contributed by atoms with van der Waals surface area (Å²) in [5.41, 5.74) is 1.34. The van der Waals surface area contributed by atoms with E-state index in [1.54, 1.807) is 37.4 Å². The molecule has 106 valence electrons. The highest BCUT2D eigenvalue weighted by Gasteiger charge is 2.11. The smallest absolute Gasteiger partial charge is 0.165 e. The van der Waals surface area contributed by atoms with Crippen molar-refractivity contribution in [3.63, 3.8) is 0 Å². The highest BCUT2D eigenvalue weighted by atomic mass is 35.5. The van der Waals surface area contributed by atoms with Crippen LogP contribution in [0.4, 0.5) is 4.39 Å². The third kappa shape index (κ3) is 3.35. The number of ether oxygens (including phenoxy) is 2. The number of rotatable bonds is 5. The van der Waals surface area contributed by atoms with E-state index in [9.17, 15) is 4.39 Å². The molecule has 20 heavy (non-hydrogen) atoms. The van der Waals surface area contributed by atoms with Crippen LogP contribution in [0.2, 0.25) is 5.02 Å². The van der Waals surface area contributed by atoms with Crippen molar-refractivity contribution < 1.29 is 13.9 Å². The molecule has 0 aliphatic heterocycles. The zero-order valence-corrected chi connectivity index (χ0v) is 12.3. The van der Waals surface area contributed by atoms with Gasteiger partial charge in [-0.2, -0.15) is 0 Å². The molecular weight excluding hydrogens is 302 g/mol. The lowest BCUT2D eigenvalue weighted by Gasteiger charge is -2.13. The maximum Gasteiger partial charge on any atom is 0.165 e. The van der Waals surface area contributed by atoms with Crippen molar-refractivity contribution in [3.05, 3.63) is 58.4 Å². The molecule has 0 saturated carbocycles. The fourth-order valence-corrected chi connectivity index (χ4v) is 2.24. The molecule has 0 aliphatic rings. The average molecular weight is 315 g/mol. The molecule has 5 heteroatoms. The van der Waals surface area contributed by atoms with E-state index in [2.05, 4.69) is 0 Å². The van der Waals surface area contributed by atoms with Gasteiger partial charge in [-0.1, -0.05) is 23.7 Å². The van der Waals surface area contributed by atoms with Gasteiger partial charge in [0.15, 0.2) is 11.6 Å². The van der Waals surface area contributed by atoms with Crippen molar-refractivity contribution in [1.29, 1.82) is 0 Å². The largest absolute Gasteiger partial charge is 0.496 e. The molecule has 0 heterocycles. The lowest BCUT2D eigenvalue weighted by Crippen LogP contribution is -2.02. The van der Waals surface area contributed by atoms with E-state index in [-0.39, 0.29) is 18.2 Å². The first-order valence-electron chi connectivity index (χ1n) is 5.94. The Morgan fingerprint density at radius 2 is 1.95 bits per heavy atom. The van der Waals surface area contributed by atoms with E-state index in [1.165, 1.54) is 6.07 Å². The van der Waals surface area contributed by atoms with Crippen LogP contribution >= 0.6 is 23.2 Å². The predicted molar refractivity (Wildman–Crippen MR) is 78.3 cm³/mol. The van der Waals surface area contributed by atoms with Gasteiger partial charge in [-0.15, -0.1) is 11.6 Å². The molecule has 2 aromatic carbocycles. The number of alkyl halides is 1. The van der Waals surface area contributed by atoms with Crippen molar-refractivity contribution in [2.24, 2.45) is 0 Å². The van der Waals surface area contributed by atoms with Gasteiger partial charge < -0.3 is 9.47 Å². The molecule has 0 N–H and O–H groups in total. The Balaban J connectivity index is 2.23. The molecule has 0 fully saturated rings. The maximum absolute atomic E-state index is 13.8. The number of halogens is 3. The van der Waals surface area contributed by atoms with Crippen molar-refractivity contribution in [2.45, 2.75) is 12.5 Å². The molecule has 0 aliphatic carbocycles. The predicted octanol–water partition coefficient (Wildman–Crippen LogP) is 4.81. The Labute approximate surface area is 127 Å². The highest BCUT2D eigenvalue weighted by Crippen LogP contribution is 2.28. The van der Waals surface area contributed by atoms with Crippen molar-refractivity contribution in [2.75, 3.05) is 7.11 Å². The average Bonchev–Trinajstić information content (AvgIpc) is 2.46. The number of para-hydroxylation sites is 1. The Morgan fingerprint density at radius 3 is 2.65 bits per heavy atom. The van der Waals surface area contributed by atoms with Gasteiger partial charge in [0.25, 0.3) is 0 Å². The fraction of sp³-hybridized carbons (Fsp3) is 0.200. The summed E-state index contributed by atoms with van der Waals surface area (Å²) in [6.45, 7) is 0.147. The molecule has 0 unspecified atom stereocenters. The molecule has 2 rings (SSSR count). The Kier molecular flexibility index (Phi) is 5.10. The molecule has 2 aromatic rings. The van der Waals surface area contributed by atoms with E-state index in [4.69, 9.17) is 32.7 Å². The van der Waals surface area contributed by atoms with Crippen LogP contribution in [-0.4, -0.2) is 7.11 Å². The summed E-state index contributed by atoms with van der Waals surface area (Å²) in [4.78, 5) is 0. The SMILES string of the molecule is COc1ccc(Cl)cc1COc1c(F)cccc1CCl. The van der Waals surface area contributed by atoms with E-state index < -0.39 is 5.82 Å². The van der Waals surface area contributed by atoms with Gasteiger partial charge >= 0.3 is 0 Å². The Hall–Kier alpha value is -1.45. The molecule has 0 amide bonds. The minimum absolute atomic E-state index is 0.147. The molecular formula is C15H13Cl2FO2. The van der Waals surface area contributed by atoms with Crippen LogP contribution in [0.15, 0.2) is 36.4 Å². The van der Waals surface area contributed by atoms with Crippen molar-refractivity contribution in [3.8, 4) is 11.5 Å². The molecule has 0 saturated heterocycles. The number of methoxy groups -OCH3 is 1. The first kappa shape index (κ1) is 14.9. The number of benzene rings is 2. The summed E-state index contributed by atoms with van der Waals surface area (Å²) in [6.07, 6.45) is 0. The van der Waals surface area contributed by atoms with Gasteiger partial charge in [0.05, 0.1) is 13.0 Å². The highest BCUT2D eigenvalue weighted by molar-refractivity contribution is 6.30. The van der Waals surface area contributed by atoms with Crippen LogP contribution in [0.25, 0.3) is 0 Å². The molecule has 0 bridgehead atoms. The Morgan fingerprint density at radius 1 is 1.15 bits per heavy atom. The third-order valence-corrected chi connectivity index (χ3v) is 3.33. The van der Waals surface area contributed by atoms with Crippen LogP contribution in [0.3, 0.4) is 0 Å². The van der Waals surface area contributed by atoms with Gasteiger partial charge in [-0.25, -0.2) is 4.39 Å². The minimum Gasteiger partial charge on any atom is -0.496 e. The quantitative estimate of drug-likeness (QED) is 0.738. The Bertz CT molecular complexity index is 602. The molecule has 0 atom stereocenters. The maximum atomic E-state index is 13.8. The molecule has 2 nitrogen and oxygen atoms in total. The van der Waals surface area contributed by atoms with Crippen LogP contribution in [0.5, 0.6) is 11.5 Å². The zero-order chi connectivity index (χ0) is 14.5. The first-order valence-corrected chi connectivity index (χ1v) is 6.85. The van der Waals surface area contributed by atoms with E-state index >= 15 is 0 Å². The summed E-state index contributed by atoms with van der Waals surface area (Å²) < 4.78 is 24.5. The topological polar surface area (TPSA) is 18.5 Å². The monoisotopic (exact) mass is 314 g/mol. The van der Waals surface area contributed by atoms with Crippen LogP contribution in [0, 0.1) is 5.82 Å². The fourth-order valence-electron chi connectivity index (χ4n) is 1.83. The van der Waals surface area contributed by atoms with E-state index in [0.717, 1.165) is 5.56 Å². The van der Waals surface area contributed by atoms with Gasteiger partial charge in [-0.3, -0.25) is 0 Å². The molecule has 0 radical (unpaired) electrons. The minimum atomic E-state index is -0.441. The molecule has 0 spiro atoms. The van der Waals surface area contributed by atoms with Gasteiger partial charge in [0, 0.05) is 16.1 Å². The van der Waals surface area contributed by atoms with Gasteiger partial charge in [-0.05, 0) is 24.3 Å². The molecule has 0 aromatic heterocycles. The second-order valence-corrected chi connectivity index (χ2v) is 4.81. The normalized spacial score (nSPS) is 10.4. The lowest BCUT2D eigenvalue weighted by atomic mass is 10.2. The van der Waals surface area contributed by atoms with Crippen LogP contribution in [0.1, 0.15) is 11.1 Å². The summed E-state index contributed by atoms with van der Waals surface area (Å²) in [7, 11) is 1.56. The summed E-state index contributed by atoms with van der Waals surface area (Å²) in [6, 6.07) is 9.84. The summed E-state index contributed by atoms with van der Waals surface area (Å²) in [5, 5.41) is 0.565. The van der Waals surface area contributed by atoms with Gasteiger partial charge in [0.1, 0.15) is 12.4 Å². The third-order valence-electron chi connectivity index (χ3n) is 2.81. The standard InChI is InChI=1S/C15H13Cl2FO2/c1-19-14-6-5-12(17)7-11(14)9-20-15-10(8-16)3-2-4-13(15)18/h2-7H,8-9H2,1H3. The van der Waals surface area contributed by atoms with E-state index in [1.807, 2.05) is 0 Å². The summed E-state index contributed by atoms with van der Waals surface area (Å²) >= 11 is 11.7. The van der Waals surface area contributed by atoms with Crippen molar-refractivity contribution >= 4 is 23.2 Å². The van der Waals surface area contributed by atoms with Crippen molar-refractivity contribution in [1.82, 2.24) is 0 Å². The van der Waals surface area contributed by atoms with Crippen LogP contribution < -0.4 is 9.47 Å². The number of hydrogen-bond acceptors (Lipinski definition) is 2. The second kappa shape index (κ2) is 6.82. The summed E-state index contributed by atoms with van der Waals surface area (Å²) in [5.74, 6) is 0.534. The van der Waals surface area contributed by atoms with E-state index in [0.29, 0.717) is 16.3 Å². The number of hydrogen-bond donors (Lipinski definition) is 0. The lowest BCUT2D eigenvalue weighted by molar-refractivity contribution is 0.280. The zero-order valence-electron chi connectivity index (χ0n) is 10.8. The van der Waals surface area contributed by atoms with Gasteiger partial charge in [0.2, 0.25) is 0 Å². The first-order chi connectivity index (χ1) is 9.65.